The molecule has 34 heavy (non-hydrogen) atoms. The largest absolute Gasteiger partial charge is 0.479 e. The van der Waals surface area contributed by atoms with Crippen molar-refractivity contribution in [2.75, 3.05) is 37.7 Å². The maximum Gasteiger partial charge on any atom is 0.417 e. The molecular weight excluding hydrogens is 477 g/mol. The van der Waals surface area contributed by atoms with Crippen LogP contribution in [0.1, 0.15) is 18.1 Å². The van der Waals surface area contributed by atoms with Crippen LogP contribution in [0.3, 0.4) is 0 Å². The van der Waals surface area contributed by atoms with Crippen LogP contribution >= 0.6 is 11.6 Å². The quantitative estimate of drug-likeness (QED) is 0.566. The Bertz CT molecular complexity index is 1080. The number of anilines is 1. The number of carbonyl (C=O) groups is 2. The predicted octanol–water partition coefficient (Wildman–Crippen LogP) is 3.28. The molecule has 2 heterocycles. The van der Waals surface area contributed by atoms with Gasteiger partial charge in [-0.25, -0.2) is 9.78 Å². The summed E-state index contributed by atoms with van der Waals surface area (Å²) in [5.41, 5.74) is -0.487. The highest BCUT2D eigenvalue weighted by Gasteiger charge is 2.32. The van der Waals surface area contributed by atoms with Gasteiger partial charge in [-0.3, -0.25) is 4.79 Å². The Morgan fingerprint density at radius 1 is 1.21 bits per heavy atom. The smallest absolute Gasteiger partial charge is 0.417 e. The van der Waals surface area contributed by atoms with Crippen LogP contribution in [0.25, 0.3) is 0 Å². The molecule has 1 atom stereocenters. The fraction of sp³-hybridized carbons (Fsp3) is 0.364. The topological polar surface area (TPSA) is 95.8 Å². The first-order valence-corrected chi connectivity index (χ1v) is 10.5. The van der Waals surface area contributed by atoms with Crippen molar-refractivity contribution in [3.63, 3.8) is 0 Å². The first kappa shape index (κ1) is 25.1. The van der Waals surface area contributed by atoms with Crippen LogP contribution in [0.5, 0.6) is 5.75 Å². The molecule has 1 aromatic carbocycles. The van der Waals surface area contributed by atoms with E-state index in [9.17, 15) is 22.8 Å². The van der Waals surface area contributed by atoms with Crippen molar-refractivity contribution in [2.24, 2.45) is 0 Å². The summed E-state index contributed by atoms with van der Waals surface area (Å²) in [7, 11) is 0. The summed E-state index contributed by atoms with van der Waals surface area (Å²) >= 11 is 5.99. The van der Waals surface area contributed by atoms with E-state index in [4.69, 9.17) is 26.3 Å². The van der Waals surface area contributed by atoms with Crippen molar-refractivity contribution in [3.8, 4) is 11.8 Å². The Morgan fingerprint density at radius 3 is 2.41 bits per heavy atom. The molecule has 0 N–H and O–H groups in total. The maximum atomic E-state index is 12.8. The average molecular weight is 497 g/mol. The van der Waals surface area contributed by atoms with E-state index < -0.39 is 36.3 Å². The minimum Gasteiger partial charge on any atom is -0.479 e. The van der Waals surface area contributed by atoms with Crippen molar-refractivity contribution < 1.29 is 32.2 Å². The summed E-state index contributed by atoms with van der Waals surface area (Å²) in [6, 6.07) is 8.98. The number of alkyl halides is 3. The zero-order valence-electron chi connectivity index (χ0n) is 18.0. The number of piperazine rings is 1. The number of benzene rings is 1. The lowest BCUT2D eigenvalue weighted by atomic mass is 10.2. The Labute approximate surface area is 198 Å². The molecule has 0 radical (unpaired) electrons. The minimum atomic E-state index is -4.54. The summed E-state index contributed by atoms with van der Waals surface area (Å²) in [4.78, 5) is 31.6. The van der Waals surface area contributed by atoms with Gasteiger partial charge in [-0.2, -0.15) is 18.4 Å². The SMILES string of the molecule is CC(Oc1ccc(C#N)cc1)C(=O)OCC(=O)N1CCN(c2ncc(C(F)(F)F)cc2Cl)CC1. The highest BCUT2D eigenvalue weighted by atomic mass is 35.5. The number of rotatable bonds is 6. The van der Waals surface area contributed by atoms with E-state index in [2.05, 4.69) is 4.98 Å². The van der Waals surface area contributed by atoms with Gasteiger partial charge in [0.25, 0.3) is 5.91 Å². The molecule has 1 aliphatic rings. The van der Waals surface area contributed by atoms with Gasteiger partial charge in [0.15, 0.2) is 12.7 Å². The average Bonchev–Trinajstić information content (AvgIpc) is 2.82. The van der Waals surface area contributed by atoms with E-state index in [1.807, 2.05) is 6.07 Å². The van der Waals surface area contributed by atoms with Crippen LogP contribution in [0.4, 0.5) is 19.0 Å². The molecule has 1 saturated heterocycles. The van der Waals surface area contributed by atoms with Gasteiger partial charge in [0.05, 0.1) is 22.2 Å². The second kappa shape index (κ2) is 10.6. The van der Waals surface area contributed by atoms with Gasteiger partial charge in [-0.05, 0) is 37.3 Å². The van der Waals surface area contributed by atoms with E-state index in [0.717, 1.165) is 12.3 Å². The molecule has 1 fully saturated rings. The molecule has 180 valence electrons. The number of ether oxygens (including phenoxy) is 2. The first-order valence-electron chi connectivity index (χ1n) is 10.2. The number of nitriles is 1. The van der Waals surface area contributed by atoms with Crippen molar-refractivity contribution in [2.45, 2.75) is 19.2 Å². The maximum absolute atomic E-state index is 12.8. The lowest BCUT2D eigenvalue weighted by Crippen LogP contribution is -2.50. The monoisotopic (exact) mass is 496 g/mol. The predicted molar refractivity (Wildman–Crippen MR) is 115 cm³/mol. The molecule has 1 unspecified atom stereocenters. The van der Waals surface area contributed by atoms with Gasteiger partial charge in [-0.15, -0.1) is 0 Å². The summed E-state index contributed by atoms with van der Waals surface area (Å²) in [6.07, 6.45) is -4.79. The Balaban J connectivity index is 1.46. The van der Waals surface area contributed by atoms with Crippen molar-refractivity contribution in [1.29, 1.82) is 5.26 Å². The van der Waals surface area contributed by atoms with Gasteiger partial charge >= 0.3 is 12.1 Å². The van der Waals surface area contributed by atoms with Crippen LogP contribution < -0.4 is 9.64 Å². The number of hydrogen-bond acceptors (Lipinski definition) is 7. The summed E-state index contributed by atoms with van der Waals surface area (Å²) in [6.45, 7) is 2.12. The number of amides is 1. The van der Waals surface area contributed by atoms with Crippen molar-refractivity contribution in [1.82, 2.24) is 9.88 Å². The van der Waals surface area contributed by atoms with E-state index in [0.29, 0.717) is 24.4 Å². The normalized spacial score (nSPS) is 14.8. The number of esters is 1. The highest BCUT2D eigenvalue weighted by Crippen LogP contribution is 2.33. The molecule has 0 saturated carbocycles. The molecule has 8 nitrogen and oxygen atoms in total. The van der Waals surface area contributed by atoms with E-state index in [-0.39, 0.29) is 23.9 Å². The molecule has 1 aliphatic heterocycles. The van der Waals surface area contributed by atoms with Crippen LogP contribution in [-0.4, -0.2) is 60.7 Å². The zero-order chi connectivity index (χ0) is 24.9. The number of hydrogen-bond donors (Lipinski definition) is 0. The number of carbonyl (C=O) groups excluding carboxylic acids is 2. The standard InChI is InChI=1S/C22H20ClF3N4O4/c1-14(34-17-4-2-15(11-27)3-5-17)21(32)33-13-19(31)29-6-8-30(9-7-29)20-18(23)10-16(12-28-20)22(24,25)26/h2-5,10,12,14H,6-9,13H2,1H3. The molecule has 12 heteroatoms. The molecule has 3 rings (SSSR count). The molecule has 0 bridgehead atoms. The number of halogens is 4. The minimum absolute atomic E-state index is 0.125. The van der Waals surface area contributed by atoms with Crippen molar-refractivity contribution >= 4 is 29.3 Å². The van der Waals surface area contributed by atoms with Crippen molar-refractivity contribution in [3.05, 3.63) is 52.7 Å². The lowest BCUT2D eigenvalue weighted by molar-refractivity contribution is -0.157. The summed E-state index contributed by atoms with van der Waals surface area (Å²) in [5.74, 6) is -0.550. The summed E-state index contributed by atoms with van der Waals surface area (Å²) in [5, 5.41) is 8.67. The number of pyridine rings is 1. The Hall–Kier alpha value is -3.52. The van der Waals surface area contributed by atoms with Gasteiger partial charge < -0.3 is 19.3 Å². The van der Waals surface area contributed by atoms with Gasteiger partial charge in [0, 0.05) is 32.4 Å². The third-order valence-corrected chi connectivity index (χ3v) is 5.33. The Kier molecular flexibility index (Phi) is 7.83. The van der Waals surface area contributed by atoms with Gasteiger partial charge in [0.1, 0.15) is 11.6 Å². The fourth-order valence-corrected chi connectivity index (χ4v) is 3.47. The third kappa shape index (κ3) is 6.29. The number of aromatic nitrogens is 1. The second-order valence-electron chi connectivity index (χ2n) is 7.40. The fourth-order valence-electron chi connectivity index (χ4n) is 3.19. The molecule has 0 aliphatic carbocycles. The van der Waals surface area contributed by atoms with Gasteiger partial charge in [0.2, 0.25) is 0 Å². The zero-order valence-corrected chi connectivity index (χ0v) is 18.8. The van der Waals surface area contributed by atoms with E-state index in [1.165, 1.54) is 11.8 Å². The third-order valence-electron chi connectivity index (χ3n) is 5.05. The van der Waals surface area contributed by atoms with Crippen LogP contribution in [0.2, 0.25) is 5.02 Å². The van der Waals surface area contributed by atoms with E-state index >= 15 is 0 Å². The molecule has 1 amide bonds. The van der Waals surface area contributed by atoms with Crippen LogP contribution in [-0.2, 0) is 20.5 Å². The lowest BCUT2D eigenvalue weighted by Gasteiger charge is -2.35. The van der Waals surface area contributed by atoms with E-state index in [1.54, 1.807) is 29.2 Å². The molecular formula is C22H20ClF3N4O4. The Morgan fingerprint density at radius 2 is 1.85 bits per heavy atom. The second-order valence-corrected chi connectivity index (χ2v) is 7.81. The highest BCUT2D eigenvalue weighted by molar-refractivity contribution is 6.33. The van der Waals surface area contributed by atoms with Crippen LogP contribution in [0, 0.1) is 11.3 Å². The first-order chi connectivity index (χ1) is 16.1. The molecule has 1 aromatic heterocycles. The summed E-state index contributed by atoms with van der Waals surface area (Å²) < 4.78 is 48.9. The van der Waals surface area contributed by atoms with Gasteiger partial charge in [-0.1, -0.05) is 11.6 Å². The van der Waals surface area contributed by atoms with Crippen LogP contribution in [0.15, 0.2) is 36.5 Å². The number of nitrogens with zero attached hydrogens (tertiary/aromatic N) is 4. The molecule has 0 spiro atoms. The molecule has 2 aromatic rings.